The van der Waals surface area contributed by atoms with Crippen molar-refractivity contribution < 1.29 is 4.79 Å². The first-order valence-electron chi connectivity index (χ1n) is 10.2. The third-order valence-corrected chi connectivity index (χ3v) is 5.85. The molecule has 1 fully saturated rings. The molecule has 4 rings (SSSR count). The van der Waals surface area contributed by atoms with Crippen LogP contribution in [-0.2, 0) is 23.3 Å². The first kappa shape index (κ1) is 19.1. The number of likely N-dealkylation sites (tertiary alicyclic amines) is 1. The molecule has 7 heteroatoms. The maximum Gasteiger partial charge on any atom is 0.237 e. The van der Waals surface area contributed by atoms with Crippen molar-refractivity contribution in [1.29, 1.82) is 0 Å². The molecule has 0 bridgehead atoms. The molecule has 4 heterocycles. The zero-order chi connectivity index (χ0) is 19.7. The van der Waals surface area contributed by atoms with E-state index in [-0.39, 0.29) is 23.5 Å². The maximum absolute atomic E-state index is 12.7. The summed E-state index contributed by atoms with van der Waals surface area (Å²) in [5.41, 5.74) is 4.24. The van der Waals surface area contributed by atoms with E-state index in [4.69, 9.17) is 0 Å². The van der Waals surface area contributed by atoms with Crippen molar-refractivity contribution in [3.8, 4) is 0 Å². The summed E-state index contributed by atoms with van der Waals surface area (Å²) in [5.74, 6) is 0.0703. The Labute approximate surface area is 166 Å². The third kappa shape index (κ3) is 3.82. The smallest absolute Gasteiger partial charge is 0.237 e. The van der Waals surface area contributed by atoms with E-state index >= 15 is 0 Å². The molecule has 2 aromatic rings. The zero-order valence-corrected chi connectivity index (χ0v) is 17.0. The highest BCUT2D eigenvalue weighted by atomic mass is 16.2. The van der Waals surface area contributed by atoms with E-state index in [1.165, 1.54) is 5.56 Å². The van der Waals surface area contributed by atoms with Crippen LogP contribution >= 0.6 is 0 Å². The molecule has 2 aliphatic heterocycles. The number of amides is 1. The monoisotopic (exact) mass is 382 g/mol. The Kier molecular flexibility index (Phi) is 5.21. The van der Waals surface area contributed by atoms with Gasteiger partial charge in [0.15, 0.2) is 0 Å². The Balaban J connectivity index is 1.47. The van der Waals surface area contributed by atoms with Crippen LogP contribution in [0, 0.1) is 6.92 Å². The summed E-state index contributed by atoms with van der Waals surface area (Å²) in [6, 6.07) is 4.14. The van der Waals surface area contributed by atoms with Crippen LogP contribution in [0.25, 0.3) is 0 Å². The molecule has 2 aromatic heterocycles. The second-order valence-electron chi connectivity index (χ2n) is 8.48. The summed E-state index contributed by atoms with van der Waals surface area (Å²) in [6.07, 6.45) is 6.22. The van der Waals surface area contributed by atoms with Gasteiger partial charge in [-0.05, 0) is 45.2 Å². The van der Waals surface area contributed by atoms with E-state index in [1.54, 1.807) is 6.33 Å². The molecule has 0 radical (unpaired) electrons. The highest BCUT2D eigenvalue weighted by molar-refractivity contribution is 5.82. The molecule has 1 saturated heterocycles. The van der Waals surface area contributed by atoms with Gasteiger partial charge in [0.1, 0.15) is 0 Å². The van der Waals surface area contributed by atoms with E-state index < -0.39 is 0 Å². The molecule has 7 nitrogen and oxygen atoms in total. The maximum atomic E-state index is 12.7. The van der Waals surface area contributed by atoms with E-state index in [2.05, 4.69) is 49.5 Å². The quantitative estimate of drug-likeness (QED) is 0.749. The number of pyridine rings is 1. The molecule has 1 atom stereocenters. The summed E-state index contributed by atoms with van der Waals surface area (Å²) in [5, 5.41) is 6.72. The SMILES string of the molecule is Cc1ccc(CN2CCC3(CC2)N[C@H](C(=O)NC(C)C)Cc2[nH]cnc23)nc1. The number of fused-ring (bicyclic) bond motifs is 2. The van der Waals surface area contributed by atoms with E-state index in [0.717, 1.165) is 49.6 Å². The standard InChI is InChI=1S/C21H30N6O/c1-14(2)25-20(28)18-10-17-19(24-13-23-17)21(26-18)6-8-27(9-7-21)12-16-5-4-15(3)11-22-16/h4-5,11,13-14,18,26H,6-10,12H2,1-3H3,(H,23,24)(H,25,28)/t18-/m0/s1. The average molecular weight is 383 g/mol. The lowest BCUT2D eigenvalue weighted by Crippen LogP contribution is -2.61. The van der Waals surface area contributed by atoms with Crippen LogP contribution in [0.1, 0.15) is 49.3 Å². The van der Waals surface area contributed by atoms with Crippen molar-refractivity contribution in [2.75, 3.05) is 13.1 Å². The summed E-state index contributed by atoms with van der Waals surface area (Å²) < 4.78 is 0. The predicted molar refractivity (Wildman–Crippen MR) is 108 cm³/mol. The number of aromatic amines is 1. The molecule has 150 valence electrons. The van der Waals surface area contributed by atoms with Crippen molar-refractivity contribution in [2.24, 2.45) is 0 Å². The fourth-order valence-corrected chi connectivity index (χ4v) is 4.38. The Morgan fingerprint density at radius 2 is 2.11 bits per heavy atom. The van der Waals surface area contributed by atoms with Crippen molar-refractivity contribution in [2.45, 2.75) is 64.2 Å². The number of aromatic nitrogens is 3. The molecule has 0 aromatic carbocycles. The number of carbonyl (C=O) groups is 1. The fraction of sp³-hybridized carbons (Fsp3) is 0.571. The van der Waals surface area contributed by atoms with Crippen LogP contribution in [-0.4, -0.2) is 50.9 Å². The molecule has 2 aliphatic rings. The van der Waals surface area contributed by atoms with Gasteiger partial charge in [0, 0.05) is 44.0 Å². The van der Waals surface area contributed by atoms with E-state index in [1.807, 2.05) is 20.0 Å². The number of piperidine rings is 1. The van der Waals surface area contributed by atoms with Gasteiger partial charge in [-0.1, -0.05) is 6.07 Å². The molecule has 3 N–H and O–H groups in total. The van der Waals surface area contributed by atoms with Gasteiger partial charge in [-0.15, -0.1) is 0 Å². The second-order valence-corrected chi connectivity index (χ2v) is 8.48. The molecule has 0 saturated carbocycles. The molecule has 1 amide bonds. The van der Waals surface area contributed by atoms with Gasteiger partial charge >= 0.3 is 0 Å². The molecule has 0 unspecified atom stereocenters. The minimum absolute atomic E-state index is 0.0703. The number of hydrogen-bond donors (Lipinski definition) is 3. The largest absolute Gasteiger partial charge is 0.353 e. The average Bonchev–Trinajstić information content (AvgIpc) is 3.15. The third-order valence-electron chi connectivity index (χ3n) is 5.85. The predicted octanol–water partition coefficient (Wildman–Crippen LogP) is 1.64. The van der Waals surface area contributed by atoms with Gasteiger partial charge in [0.2, 0.25) is 5.91 Å². The van der Waals surface area contributed by atoms with Crippen molar-refractivity contribution in [3.63, 3.8) is 0 Å². The lowest BCUT2D eigenvalue weighted by Gasteiger charge is -2.46. The first-order valence-corrected chi connectivity index (χ1v) is 10.2. The first-order chi connectivity index (χ1) is 13.4. The van der Waals surface area contributed by atoms with Gasteiger partial charge < -0.3 is 10.3 Å². The topological polar surface area (TPSA) is 85.9 Å². The highest BCUT2D eigenvalue weighted by Crippen LogP contribution is 2.37. The molecular weight excluding hydrogens is 352 g/mol. The van der Waals surface area contributed by atoms with Crippen molar-refractivity contribution >= 4 is 5.91 Å². The number of imidazole rings is 1. The van der Waals surface area contributed by atoms with E-state index in [0.29, 0.717) is 6.42 Å². The molecule has 1 spiro atoms. The van der Waals surface area contributed by atoms with Gasteiger partial charge in [-0.3, -0.25) is 20.0 Å². The number of nitrogens with zero attached hydrogens (tertiary/aromatic N) is 3. The summed E-state index contributed by atoms with van der Waals surface area (Å²) in [6.45, 7) is 8.82. The van der Waals surface area contributed by atoms with Crippen LogP contribution in [0.15, 0.2) is 24.7 Å². The second kappa shape index (κ2) is 7.64. The van der Waals surface area contributed by atoms with Gasteiger partial charge in [-0.25, -0.2) is 4.98 Å². The Morgan fingerprint density at radius 1 is 1.32 bits per heavy atom. The van der Waals surface area contributed by atoms with Gasteiger partial charge in [-0.2, -0.15) is 0 Å². The van der Waals surface area contributed by atoms with Crippen molar-refractivity contribution in [3.05, 3.63) is 47.3 Å². The highest BCUT2D eigenvalue weighted by Gasteiger charge is 2.45. The Hall–Kier alpha value is -2.25. The number of H-pyrrole nitrogens is 1. The number of hydrogen-bond acceptors (Lipinski definition) is 5. The molecular formula is C21H30N6O. The number of carbonyl (C=O) groups excluding carboxylic acids is 1. The number of nitrogens with one attached hydrogen (secondary N) is 3. The van der Waals surface area contributed by atoms with E-state index in [9.17, 15) is 4.79 Å². The van der Waals surface area contributed by atoms with Gasteiger partial charge in [0.05, 0.1) is 29.3 Å². The lowest BCUT2D eigenvalue weighted by atomic mass is 9.78. The summed E-state index contributed by atoms with van der Waals surface area (Å²) >= 11 is 0. The van der Waals surface area contributed by atoms with Crippen LogP contribution in [0.4, 0.5) is 0 Å². The number of aryl methyl sites for hydroxylation is 1. The van der Waals surface area contributed by atoms with Crippen LogP contribution in [0.2, 0.25) is 0 Å². The summed E-state index contributed by atoms with van der Waals surface area (Å²) in [7, 11) is 0. The summed E-state index contributed by atoms with van der Waals surface area (Å²) in [4.78, 5) is 27.5. The van der Waals surface area contributed by atoms with Gasteiger partial charge in [0.25, 0.3) is 0 Å². The lowest BCUT2D eigenvalue weighted by molar-refractivity contribution is -0.124. The van der Waals surface area contributed by atoms with Crippen LogP contribution < -0.4 is 10.6 Å². The molecule has 0 aliphatic carbocycles. The number of rotatable bonds is 4. The Morgan fingerprint density at radius 3 is 2.79 bits per heavy atom. The Bertz CT molecular complexity index is 820. The molecule has 28 heavy (non-hydrogen) atoms. The fourth-order valence-electron chi connectivity index (χ4n) is 4.38. The normalized spacial score (nSPS) is 21.6. The zero-order valence-electron chi connectivity index (χ0n) is 17.0. The van der Waals surface area contributed by atoms with Crippen molar-refractivity contribution in [1.82, 2.24) is 30.5 Å². The minimum Gasteiger partial charge on any atom is -0.353 e. The minimum atomic E-state index is -0.232. The van der Waals surface area contributed by atoms with Crippen LogP contribution in [0.5, 0.6) is 0 Å². The van der Waals surface area contributed by atoms with Crippen LogP contribution in [0.3, 0.4) is 0 Å².